The van der Waals surface area contributed by atoms with Crippen molar-refractivity contribution in [2.45, 2.75) is 43.8 Å². The minimum atomic E-state index is 0.116. The van der Waals surface area contributed by atoms with E-state index in [9.17, 15) is 4.79 Å². The molecule has 0 spiro atoms. The fourth-order valence-electron chi connectivity index (χ4n) is 4.39. The fraction of sp³-hybridized carbons (Fsp3) is 0.444. The van der Waals surface area contributed by atoms with Gasteiger partial charge in [0.1, 0.15) is 0 Å². The molecular formula is C18H19N3O3. The Morgan fingerprint density at radius 2 is 1.88 bits per heavy atom. The lowest BCUT2D eigenvalue weighted by atomic mass is 9.96. The maximum absolute atomic E-state index is 13.1. The van der Waals surface area contributed by atoms with E-state index in [1.54, 1.807) is 0 Å². The number of ether oxygens (including phenoxy) is 2. The first-order valence-corrected chi connectivity index (χ1v) is 8.49. The second kappa shape index (κ2) is 5.26. The second-order valence-corrected chi connectivity index (χ2v) is 6.80. The summed E-state index contributed by atoms with van der Waals surface area (Å²) >= 11 is 0. The number of nitrogens with zero attached hydrogens (tertiary/aromatic N) is 3. The van der Waals surface area contributed by atoms with Crippen LogP contribution in [0.25, 0.3) is 0 Å². The van der Waals surface area contributed by atoms with Gasteiger partial charge in [-0.2, -0.15) is 0 Å². The topological polar surface area (TPSA) is 56.6 Å². The standard InChI is InChI=1S/C18H19N3O3/c22-18(12-1-4-16-17(7-12)24-11-23-16)21-13-2-3-14(21)9-15(8-13)20-6-5-19-10-20/h1,4-7,10,13-15H,2-3,8-9,11H2. The highest BCUT2D eigenvalue weighted by molar-refractivity contribution is 5.95. The fourth-order valence-corrected chi connectivity index (χ4v) is 4.39. The van der Waals surface area contributed by atoms with E-state index < -0.39 is 0 Å². The maximum Gasteiger partial charge on any atom is 0.254 e. The molecule has 5 rings (SSSR count). The lowest BCUT2D eigenvalue weighted by Crippen LogP contribution is -2.46. The van der Waals surface area contributed by atoms with Crippen LogP contribution in [0.4, 0.5) is 0 Å². The van der Waals surface area contributed by atoms with Gasteiger partial charge in [0.05, 0.1) is 6.33 Å². The van der Waals surface area contributed by atoms with Crippen molar-refractivity contribution in [3.05, 3.63) is 42.5 Å². The van der Waals surface area contributed by atoms with Crippen LogP contribution >= 0.6 is 0 Å². The number of carbonyl (C=O) groups is 1. The third kappa shape index (κ3) is 2.09. The highest BCUT2D eigenvalue weighted by Crippen LogP contribution is 2.42. The van der Waals surface area contributed by atoms with Gasteiger partial charge in [0.15, 0.2) is 11.5 Å². The number of rotatable bonds is 2. The molecule has 2 bridgehead atoms. The Morgan fingerprint density at radius 3 is 2.62 bits per heavy atom. The summed E-state index contributed by atoms with van der Waals surface area (Å²) in [6.45, 7) is 0.231. The van der Waals surface area contributed by atoms with Crippen LogP contribution in [0.1, 0.15) is 42.1 Å². The first-order chi connectivity index (χ1) is 11.8. The number of imidazole rings is 1. The van der Waals surface area contributed by atoms with Crippen molar-refractivity contribution in [3.63, 3.8) is 0 Å². The van der Waals surface area contributed by atoms with Crippen molar-refractivity contribution in [1.82, 2.24) is 14.5 Å². The smallest absolute Gasteiger partial charge is 0.254 e. The number of amides is 1. The zero-order chi connectivity index (χ0) is 16.1. The number of aromatic nitrogens is 2. The molecule has 1 aromatic heterocycles. The van der Waals surface area contributed by atoms with Crippen molar-refractivity contribution in [3.8, 4) is 11.5 Å². The van der Waals surface area contributed by atoms with Crippen LogP contribution in [0, 0.1) is 0 Å². The van der Waals surface area contributed by atoms with Crippen molar-refractivity contribution in [1.29, 1.82) is 0 Å². The van der Waals surface area contributed by atoms with Crippen molar-refractivity contribution < 1.29 is 14.3 Å². The highest BCUT2D eigenvalue weighted by Gasteiger charge is 2.44. The average molecular weight is 325 g/mol. The average Bonchev–Trinajstić information content (AvgIpc) is 3.33. The summed E-state index contributed by atoms with van der Waals surface area (Å²) in [5, 5.41) is 0. The largest absolute Gasteiger partial charge is 0.454 e. The SMILES string of the molecule is O=C(c1ccc2c(c1)OCO2)N1C2CCC1CC(n1ccnc1)C2. The summed E-state index contributed by atoms with van der Waals surface area (Å²) in [6.07, 6.45) is 9.93. The van der Waals surface area contributed by atoms with Gasteiger partial charge in [0.25, 0.3) is 5.91 Å². The highest BCUT2D eigenvalue weighted by atomic mass is 16.7. The van der Waals surface area contributed by atoms with Gasteiger partial charge in [-0.1, -0.05) is 0 Å². The number of hydrogen-bond acceptors (Lipinski definition) is 4. The monoisotopic (exact) mass is 325 g/mol. The molecule has 2 saturated heterocycles. The van der Waals surface area contributed by atoms with Gasteiger partial charge in [-0.15, -0.1) is 0 Å². The quantitative estimate of drug-likeness (QED) is 0.852. The van der Waals surface area contributed by atoms with Gasteiger partial charge >= 0.3 is 0 Å². The molecule has 0 aliphatic carbocycles. The number of hydrogen-bond donors (Lipinski definition) is 0. The minimum Gasteiger partial charge on any atom is -0.454 e. The van der Waals surface area contributed by atoms with E-state index in [0.29, 0.717) is 35.2 Å². The van der Waals surface area contributed by atoms with Crippen molar-refractivity contribution in [2.24, 2.45) is 0 Å². The first kappa shape index (κ1) is 13.9. The van der Waals surface area contributed by atoms with Crippen molar-refractivity contribution in [2.75, 3.05) is 6.79 Å². The van der Waals surface area contributed by atoms with E-state index in [0.717, 1.165) is 25.7 Å². The second-order valence-electron chi connectivity index (χ2n) is 6.80. The molecule has 2 fully saturated rings. The Bertz CT molecular complexity index is 760. The van der Waals surface area contributed by atoms with Gasteiger partial charge in [-0.3, -0.25) is 4.79 Å². The number of piperidine rings is 1. The van der Waals surface area contributed by atoms with Crippen LogP contribution in [-0.2, 0) is 0 Å². The number of benzene rings is 1. The van der Waals surface area contributed by atoms with Gasteiger partial charge in [0, 0.05) is 36.1 Å². The minimum absolute atomic E-state index is 0.116. The zero-order valence-electron chi connectivity index (χ0n) is 13.3. The van der Waals surface area contributed by atoms with Crippen LogP contribution in [0.3, 0.4) is 0 Å². The predicted octanol–water partition coefficient (Wildman–Crippen LogP) is 2.62. The zero-order valence-corrected chi connectivity index (χ0v) is 13.3. The molecular weight excluding hydrogens is 306 g/mol. The molecule has 2 atom stereocenters. The summed E-state index contributed by atoms with van der Waals surface area (Å²) < 4.78 is 12.9. The Hall–Kier alpha value is -2.50. The summed E-state index contributed by atoms with van der Waals surface area (Å²) in [6, 6.07) is 6.56. The lowest BCUT2D eigenvalue weighted by molar-refractivity contribution is 0.0533. The molecule has 3 aliphatic heterocycles. The van der Waals surface area contributed by atoms with E-state index in [-0.39, 0.29) is 12.7 Å². The third-order valence-electron chi connectivity index (χ3n) is 5.51. The molecule has 3 aliphatic rings. The molecule has 0 radical (unpaired) electrons. The van der Waals surface area contributed by atoms with Crippen LogP contribution in [-0.4, -0.2) is 39.2 Å². The summed E-state index contributed by atoms with van der Waals surface area (Å²) in [4.78, 5) is 19.3. The van der Waals surface area contributed by atoms with Crippen molar-refractivity contribution >= 4 is 5.91 Å². The Balaban J connectivity index is 1.39. The molecule has 124 valence electrons. The molecule has 0 saturated carbocycles. The number of carbonyl (C=O) groups excluding carboxylic acids is 1. The normalized spacial score (nSPS) is 27.5. The summed E-state index contributed by atoms with van der Waals surface area (Å²) in [7, 11) is 0. The van der Waals surface area contributed by atoms with E-state index in [2.05, 4.69) is 14.5 Å². The van der Waals surface area contributed by atoms with Crippen LogP contribution in [0.5, 0.6) is 11.5 Å². The Kier molecular flexibility index (Phi) is 3.04. The number of fused-ring (bicyclic) bond motifs is 3. The molecule has 4 heterocycles. The van der Waals surface area contributed by atoms with Gasteiger partial charge < -0.3 is 18.9 Å². The molecule has 2 unspecified atom stereocenters. The molecule has 0 N–H and O–H groups in total. The first-order valence-electron chi connectivity index (χ1n) is 8.49. The Morgan fingerprint density at radius 1 is 1.08 bits per heavy atom. The Labute approximate surface area is 140 Å². The molecule has 24 heavy (non-hydrogen) atoms. The predicted molar refractivity (Wildman–Crippen MR) is 86.0 cm³/mol. The van der Waals surface area contributed by atoms with E-state index in [1.807, 2.05) is 36.9 Å². The van der Waals surface area contributed by atoms with Gasteiger partial charge in [-0.05, 0) is 43.9 Å². The molecule has 1 amide bonds. The van der Waals surface area contributed by atoms with Crippen LogP contribution in [0.2, 0.25) is 0 Å². The van der Waals surface area contributed by atoms with E-state index >= 15 is 0 Å². The van der Waals surface area contributed by atoms with Crippen LogP contribution < -0.4 is 9.47 Å². The van der Waals surface area contributed by atoms with Gasteiger partial charge in [0.2, 0.25) is 6.79 Å². The maximum atomic E-state index is 13.1. The van der Waals surface area contributed by atoms with Crippen LogP contribution in [0.15, 0.2) is 36.9 Å². The lowest BCUT2D eigenvalue weighted by Gasteiger charge is -2.39. The van der Waals surface area contributed by atoms with Gasteiger partial charge in [-0.25, -0.2) is 4.98 Å². The molecule has 1 aromatic carbocycles. The van der Waals surface area contributed by atoms with E-state index in [1.165, 1.54) is 0 Å². The third-order valence-corrected chi connectivity index (χ3v) is 5.51. The molecule has 6 nitrogen and oxygen atoms in total. The molecule has 2 aromatic rings. The summed E-state index contributed by atoms with van der Waals surface area (Å²) in [5.74, 6) is 1.50. The molecule has 6 heteroatoms. The summed E-state index contributed by atoms with van der Waals surface area (Å²) in [5.41, 5.74) is 0.692. The van der Waals surface area contributed by atoms with E-state index in [4.69, 9.17) is 9.47 Å².